The third kappa shape index (κ3) is 4.42. The molecule has 0 spiro atoms. The zero-order valence-corrected chi connectivity index (χ0v) is 15.3. The fourth-order valence-corrected chi connectivity index (χ4v) is 2.68. The minimum absolute atomic E-state index is 0.157. The lowest BCUT2D eigenvalue weighted by atomic mass is 10.2. The second kappa shape index (κ2) is 8.06. The Morgan fingerprint density at radius 3 is 2.39 bits per heavy atom. The zero-order valence-electron chi connectivity index (χ0n) is 12.2. The van der Waals surface area contributed by atoms with Gasteiger partial charge in [0.2, 0.25) is 0 Å². The molecule has 0 bridgehead atoms. The largest absolute Gasteiger partial charge is 0.490 e. The molecular weight excluding hydrogens is 377 g/mol. The lowest BCUT2D eigenvalue weighted by Crippen LogP contribution is -2.10. The van der Waals surface area contributed by atoms with Gasteiger partial charge in [0.25, 0.3) is 0 Å². The van der Waals surface area contributed by atoms with Crippen LogP contribution in [0.5, 0.6) is 11.5 Å². The summed E-state index contributed by atoms with van der Waals surface area (Å²) in [5.41, 5.74) is 6.95. The average Bonchev–Trinajstić information content (AvgIpc) is 2.52. The maximum atomic E-state index is 6.17. The van der Waals surface area contributed by atoms with Crippen LogP contribution < -0.4 is 15.2 Å². The van der Waals surface area contributed by atoms with Crippen LogP contribution in [0.4, 0.5) is 0 Å². The number of rotatable bonds is 6. The summed E-state index contributed by atoms with van der Waals surface area (Å²) in [5.74, 6) is 1.09. The van der Waals surface area contributed by atoms with Crippen LogP contribution in [0.1, 0.15) is 18.1 Å². The predicted molar refractivity (Wildman–Crippen MR) is 99.3 cm³/mol. The van der Waals surface area contributed by atoms with E-state index < -0.39 is 0 Å². The minimum Gasteiger partial charge on any atom is -0.490 e. The van der Waals surface area contributed by atoms with Crippen molar-refractivity contribution in [2.24, 2.45) is 5.73 Å². The molecule has 0 aliphatic heterocycles. The molecule has 122 valence electrons. The summed E-state index contributed by atoms with van der Waals surface area (Å²) in [6, 6.07) is 8.56. The van der Waals surface area contributed by atoms with Crippen molar-refractivity contribution >= 4 is 52.0 Å². The van der Waals surface area contributed by atoms with Gasteiger partial charge in [0.1, 0.15) is 11.6 Å². The zero-order chi connectivity index (χ0) is 17.0. The van der Waals surface area contributed by atoms with E-state index in [2.05, 4.69) is 0 Å². The third-order valence-electron chi connectivity index (χ3n) is 3.04. The molecule has 0 saturated heterocycles. The fourth-order valence-electron chi connectivity index (χ4n) is 1.90. The maximum Gasteiger partial charge on any atom is 0.161 e. The van der Waals surface area contributed by atoms with Crippen molar-refractivity contribution < 1.29 is 9.47 Å². The molecule has 0 aliphatic carbocycles. The van der Waals surface area contributed by atoms with Gasteiger partial charge in [0, 0.05) is 16.1 Å². The normalized spacial score (nSPS) is 10.4. The molecule has 0 heterocycles. The lowest BCUT2D eigenvalue weighted by Gasteiger charge is -2.14. The van der Waals surface area contributed by atoms with Crippen LogP contribution in [0, 0.1) is 0 Å². The van der Waals surface area contributed by atoms with Gasteiger partial charge in [0.15, 0.2) is 11.5 Å². The summed E-state index contributed by atoms with van der Waals surface area (Å²) >= 11 is 23.3. The second-order valence-corrected chi connectivity index (χ2v) is 6.20. The Labute approximate surface area is 155 Å². The molecule has 0 amide bonds. The second-order valence-electron chi connectivity index (χ2n) is 4.57. The van der Waals surface area contributed by atoms with E-state index in [0.29, 0.717) is 49.3 Å². The highest BCUT2D eigenvalue weighted by Crippen LogP contribution is 2.34. The van der Waals surface area contributed by atoms with Gasteiger partial charge in [-0.2, -0.15) is 0 Å². The molecule has 0 aliphatic rings. The SMILES string of the molecule is CCOc1cc(C(N)=S)ccc1OCc1c(Cl)ccc(Cl)c1Cl. The molecule has 0 aromatic heterocycles. The molecule has 0 radical (unpaired) electrons. The molecule has 3 nitrogen and oxygen atoms in total. The maximum absolute atomic E-state index is 6.17. The summed E-state index contributed by atoms with van der Waals surface area (Å²) in [4.78, 5) is 0.290. The Hall–Kier alpha value is -1.20. The van der Waals surface area contributed by atoms with Crippen molar-refractivity contribution in [3.05, 3.63) is 56.5 Å². The van der Waals surface area contributed by atoms with Gasteiger partial charge in [-0.05, 0) is 37.3 Å². The fraction of sp³-hybridized carbons (Fsp3) is 0.188. The van der Waals surface area contributed by atoms with Crippen LogP contribution in [0.25, 0.3) is 0 Å². The van der Waals surface area contributed by atoms with Crippen LogP contribution in [0.3, 0.4) is 0 Å². The average molecular weight is 391 g/mol. The van der Waals surface area contributed by atoms with E-state index in [4.69, 9.17) is 62.2 Å². The first-order valence-corrected chi connectivity index (χ1v) is 8.30. The van der Waals surface area contributed by atoms with E-state index >= 15 is 0 Å². The van der Waals surface area contributed by atoms with E-state index in [1.165, 1.54) is 0 Å². The van der Waals surface area contributed by atoms with Crippen molar-refractivity contribution in [3.8, 4) is 11.5 Å². The standard InChI is InChI=1S/C16H14Cl3NO2S/c1-2-21-14-7-9(16(20)23)3-6-13(14)22-8-10-11(17)4-5-12(18)15(10)19/h3-7H,2,8H2,1H3,(H2,20,23). The molecule has 2 N–H and O–H groups in total. The smallest absolute Gasteiger partial charge is 0.161 e. The van der Waals surface area contributed by atoms with Crippen molar-refractivity contribution in [2.45, 2.75) is 13.5 Å². The molecule has 23 heavy (non-hydrogen) atoms. The number of halogens is 3. The molecule has 2 aromatic rings. The highest BCUT2D eigenvalue weighted by Gasteiger charge is 2.13. The third-order valence-corrected chi connectivity index (χ3v) is 4.47. The molecule has 7 heteroatoms. The summed E-state index contributed by atoms with van der Waals surface area (Å²) in [7, 11) is 0. The number of benzene rings is 2. The van der Waals surface area contributed by atoms with Crippen LogP contribution in [-0.4, -0.2) is 11.6 Å². The summed E-state index contributed by atoms with van der Waals surface area (Å²) < 4.78 is 11.4. The van der Waals surface area contributed by atoms with Gasteiger partial charge in [-0.3, -0.25) is 0 Å². The lowest BCUT2D eigenvalue weighted by molar-refractivity contribution is 0.269. The molecular formula is C16H14Cl3NO2S. The Morgan fingerprint density at radius 2 is 1.74 bits per heavy atom. The van der Waals surface area contributed by atoms with E-state index in [1.807, 2.05) is 6.92 Å². The number of hydrogen-bond donors (Lipinski definition) is 1. The molecule has 0 atom stereocenters. The molecule has 0 fully saturated rings. The Bertz CT molecular complexity index is 738. The molecule has 2 rings (SSSR count). The number of nitrogens with two attached hydrogens (primary N) is 1. The van der Waals surface area contributed by atoms with Crippen molar-refractivity contribution in [2.75, 3.05) is 6.61 Å². The highest BCUT2D eigenvalue weighted by molar-refractivity contribution is 7.80. The number of thiocarbonyl (C=S) groups is 1. The van der Waals surface area contributed by atoms with Crippen molar-refractivity contribution in [1.82, 2.24) is 0 Å². The quantitative estimate of drug-likeness (QED) is 0.540. The van der Waals surface area contributed by atoms with Gasteiger partial charge in [-0.25, -0.2) is 0 Å². The van der Waals surface area contributed by atoms with Crippen LogP contribution in [-0.2, 0) is 6.61 Å². The van der Waals surface area contributed by atoms with E-state index in [-0.39, 0.29) is 6.61 Å². The van der Waals surface area contributed by atoms with Crippen LogP contribution in [0.2, 0.25) is 15.1 Å². The monoisotopic (exact) mass is 389 g/mol. The first-order valence-electron chi connectivity index (χ1n) is 6.75. The Morgan fingerprint density at radius 1 is 1.04 bits per heavy atom. The van der Waals surface area contributed by atoms with E-state index in [0.717, 1.165) is 0 Å². The van der Waals surface area contributed by atoms with Gasteiger partial charge in [-0.15, -0.1) is 0 Å². The first-order chi connectivity index (χ1) is 10.9. The molecule has 2 aromatic carbocycles. The molecule has 0 unspecified atom stereocenters. The minimum atomic E-state index is 0.157. The van der Waals surface area contributed by atoms with Crippen molar-refractivity contribution in [3.63, 3.8) is 0 Å². The predicted octanol–water partition coefficient (Wildman–Crippen LogP) is 5.26. The Kier molecular flexibility index (Phi) is 6.36. The van der Waals surface area contributed by atoms with E-state index in [1.54, 1.807) is 30.3 Å². The topological polar surface area (TPSA) is 44.5 Å². The summed E-state index contributed by atoms with van der Waals surface area (Å²) in [5, 5.41) is 1.28. The summed E-state index contributed by atoms with van der Waals surface area (Å²) in [6.07, 6.45) is 0. The van der Waals surface area contributed by atoms with Crippen LogP contribution >= 0.6 is 47.0 Å². The van der Waals surface area contributed by atoms with Gasteiger partial charge in [0.05, 0.1) is 16.7 Å². The number of hydrogen-bond acceptors (Lipinski definition) is 3. The van der Waals surface area contributed by atoms with Gasteiger partial charge in [-0.1, -0.05) is 47.0 Å². The summed E-state index contributed by atoms with van der Waals surface area (Å²) in [6.45, 7) is 2.52. The first kappa shape index (κ1) is 18.1. The number of ether oxygens (including phenoxy) is 2. The molecule has 0 saturated carbocycles. The van der Waals surface area contributed by atoms with E-state index in [9.17, 15) is 0 Å². The highest BCUT2D eigenvalue weighted by atomic mass is 35.5. The van der Waals surface area contributed by atoms with Crippen molar-refractivity contribution in [1.29, 1.82) is 0 Å². The Balaban J connectivity index is 2.27. The van der Waals surface area contributed by atoms with Gasteiger partial charge < -0.3 is 15.2 Å². The van der Waals surface area contributed by atoms with Crippen LogP contribution in [0.15, 0.2) is 30.3 Å². The van der Waals surface area contributed by atoms with Gasteiger partial charge >= 0.3 is 0 Å².